The van der Waals surface area contributed by atoms with Crippen LogP contribution >= 0.6 is 0 Å². The number of amides is 1. The number of rotatable bonds is 6. The van der Waals surface area contributed by atoms with Crippen LogP contribution in [-0.2, 0) is 9.53 Å². The Morgan fingerprint density at radius 2 is 1.81 bits per heavy atom. The van der Waals surface area contributed by atoms with Crippen molar-refractivity contribution in [3.05, 3.63) is 36.4 Å². The summed E-state index contributed by atoms with van der Waals surface area (Å²) in [4.78, 5) is 12.2. The summed E-state index contributed by atoms with van der Waals surface area (Å²) in [5.74, 6) is 1.72. The molecule has 0 bridgehead atoms. The molecule has 2 heterocycles. The highest BCUT2D eigenvalue weighted by atomic mass is 16.5. The Labute approximate surface area is 153 Å². The summed E-state index contributed by atoms with van der Waals surface area (Å²) in [6.45, 7) is 5.22. The third-order valence-corrected chi connectivity index (χ3v) is 4.02. The number of nitrogens with one attached hydrogen (secondary N) is 2. The van der Waals surface area contributed by atoms with E-state index in [1.165, 1.54) is 0 Å². The fourth-order valence-corrected chi connectivity index (χ4v) is 2.72. The molecule has 1 aliphatic heterocycles. The minimum absolute atomic E-state index is 0.0246. The maximum atomic E-state index is 12.2. The number of aromatic nitrogens is 2. The van der Waals surface area contributed by atoms with Gasteiger partial charge in [0.1, 0.15) is 5.75 Å². The number of benzene rings is 1. The van der Waals surface area contributed by atoms with E-state index in [-0.39, 0.29) is 17.9 Å². The van der Waals surface area contributed by atoms with Crippen molar-refractivity contribution >= 4 is 23.2 Å². The Bertz CT molecular complexity index is 728. The van der Waals surface area contributed by atoms with Gasteiger partial charge in [-0.05, 0) is 51.0 Å². The number of hydrogen-bond donors (Lipinski definition) is 2. The maximum absolute atomic E-state index is 12.2. The smallest absolute Gasteiger partial charge is 0.228 e. The predicted octanol–water partition coefficient (Wildman–Crippen LogP) is 3.37. The molecule has 0 spiro atoms. The minimum atomic E-state index is -0.0287. The van der Waals surface area contributed by atoms with Gasteiger partial charge in [-0.3, -0.25) is 4.79 Å². The summed E-state index contributed by atoms with van der Waals surface area (Å²) in [7, 11) is 0. The third-order valence-electron chi connectivity index (χ3n) is 4.02. The van der Waals surface area contributed by atoms with E-state index in [2.05, 4.69) is 20.8 Å². The van der Waals surface area contributed by atoms with E-state index < -0.39 is 0 Å². The van der Waals surface area contributed by atoms with Crippen LogP contribution in [0.1, 0.15) is 26.7 Å². The number of anilines is 3. The van der Waals surface area contributed by atoms with Gasteiger partial charge in [-0.25, -0.2) is 0 Å². The molecule has 26 heavy (non-hydrogen) atoms. The van der Waals surface area contributed by atoms with Crippen molar-refractivity contribution in [1.29, 1.82) is 0 Å². The molecule has 0 atom stereocenters. The molecule has 7 nitrogen and oxygen atoms in total. The van der Waals surface area contributed by atoms with E-state index in [9.17, 15) is 4.79 Å². The first-order chi connectivity index (χ1) is 12.6. The molecule has 0 unspecified atom stereocenters. The molecule has 0 radical (unpaired) electrons. The van der Waals surface area contributed by atoms with Crippen LogP contribution in [0.25, 0.3) is 0 Å². The summed E-state index contributed by atoms with van der Waals surface area (Å²) < 4.78 is 11.1. The van der Waals surface area contributed by atoms with Gasteiger partial charge in [0.2, 0.25) is 5.91 Å². The standard InChI is InChI=1S/C19H24N4O3/c1-13(2)26-16-6-4-3-5-15(16)20-17-7-8-18(23-22-17)21-19(24)14-9-11-25-12-10-14/h3-8,13-14H,9-12H2,1-2H3,(H,20,22)(H,21,23,24). The van der Waals surface area contributed by atoms with Crippen molar-refractivity contribution in [2.45, 2.75) is 32.8 Å². The van der Waals surface area contributed by atoms with Crippen LogP contribution in [0.5, 0.6) is 5.75 Å². The topological polar surface area (TPSA) is 85.4 Å². The van der Waals surface area contributed by atoms with Crippen LogP contribution in [-0.4, -0.2) is 35.4 Å². The molecule has 1 amide bonds. The van der Waals surface area contributed by atoms with Gasteiger partial charge < -0.3 is 20.1 Å². The lowest BCUT2D eigenvalue weighted by Gasteiger charge is -2.20. The molecule has 7 heteroatoms. The Hall–Kier alpha value is -2.67. The van der Waals surface area contributed by atoms with E-state index >= 15 is 0 Å². The van der Waals surface area contributed by atoms with Gasteiger partial charge in [0.25, 0.3) is 0 Å². The number of carbonyl (C=O) groups excluding carboxylic acids is 1. The fraction of sp³-hybridized carbons (Fsp3) is 0.421. The Balaban J connectivity index is 1.62. The Morgan fingerprint density at radius 1 is 1.12 bits per heavy atom. The van der Waals surface area contributed by atoms with Crippen molar-refractivity contribution in [2.24, 2.45) is 5.92 Å². The van der Waals surface area contributed by atoms with E-state index in [1.54, 1.807) is 12.1 Å². The van der Waals surface area contributed by atoms with Crippen molar-refractivity contribution < 1.29 is 14.3 Å². The van der Waals surface area contributed by atoms with Gasteiger partial charge in [-0.2, -0.15) is 0 Å². The van der Waals surface area contributed by atoms with Crippen LogP contribution < -0.4 is 15.4 Å². The van der Waals surface area contributed by atoms with Crippen LogP contribution in [0.2, 0.25) is 0 Å². The largest absolute Gasteiger partial charge is 0.489 e. The van der Waals surface area contributed by atoms with Gasteiger partial charge in [-0.1, -0.05) is 12.1 Å². The highest BCUT2D eigenvalue weighted by Crippen LogP contribution is 2.27. The molecule has 2 N–H and O–H groups in total. The Morgan fingerprint density at radius 3 is 2.50 bits per heavy atom. The molecular weight excluding hydrogens is 332 g/mol. The van der Waals surface area contributed by atoms with Gasteiger partial charge in [0, 0.05) is 19.1 Å². The number of para-hydroxylation sites is 2. The maximum Gasteiger partial charge on any atom is 0.228 e. The summed E-state index contributed by atoms with van der Waals surface area (Å²) in [6.07, 6.45) is 1.56. The summed E-state index contributed by atoms with van der Waals surface area (Å²) in [5.41, 5.74) is 0.814. The SMILES string of the molecule is CC(C)Oc1ccccc1Nc1ccc(NC(=O)C2CCOCC2)nn1. The third kappa shape index (κ3) is 4.92. The highest BCUT2D eigenvalue weighted by molar-refractivity contribution is 5.91. The van der Waals surface area contributed by atoms with E-state index in [0.717, 1.165) is 24.3 Å². The van der Waals surface area contributed by atoms with Gasteiger partial charge in [0.05, 0.1) is 11.8 Å². The van der Waals surface area contributed by atoms with Crippen LogP contribution in [0.3, 0.4) is 0 Å². The predicted molar refractivity (Wildman–Crippen MR) is 99.7 cm³/mol. The first-order valence-electron chi connectivity index (χ1n) is 8.87. The Kier molecular flexibility index (Phi) is 6.01. The van der Waals surface area contributed by atoms with E-state index in [1.807, 2.05) is 38.1 Å². The molecule has 138 valence electrons. The fourth-order valence-electron chi connectivity index (χ4n) is 2.72. The molecule has 1 aliphatic rings. The van der Waals surface area contributed by atoms with Crippen LogP contribution in [0.15, 0.2) is 36.4 Å². The van der Waals surface area contributed by atoms with Crippen LogP contribution in [0.4, 0.5) is 17.3 Å². The zero-order valence-corrected chi connectivity index (χ0v) is 15.1. The number of ether oxygens (including phenoxy) is 2. The summed E-state index contributed by atoms with van der Waals surface area (Å²) in [5, 5.41) is 14.2. The van der Waals surface area contributed by atoms with Crippen molar-refractivity contribution in [3.8, 4) is 5.75 Å². The van der Waals surface area contributed by atoms with Gasteiger partial charge in [-0.15, -0.1) is 10.2 Å². The lowest BCUT2D eigenvalue weighted by Crippen LogP contribution is -2.28. The second-order valence-corrected chi connectivity index (χ2v) is 6.47. The lowest BCUT2D eigenvalue weighted by molar-refractivity contribution is -0.122. The molecule has 1 fully saturated rings. The normalized spacial score (nSPS) is 14.9. The number of hydrogen-bond acceptors (Lipinski definition) is 6. The molecule has 1 saturated heterocycles. The molecule has 0 saturated carbocycles. The molecular formula is C19H24N4O3. The highest BCUT2D eigenvalue weighted by Gasteiger charge is 2.21. The first kappa shape index (κ1) is 18.1. The average molecular weight is 356 g/mol. The molecule has 1 aromatic heterocycles. The molecule has 2 aromatic rings. The zero-order chi connectivity index (χ0) is 18.4. The summed E-state index contributed by atoms with van der Waals surface area (Å²) >= 11 is 0. The zero-order valence-electron chi connectivity index (χ0n) is 15.1. The van der Waals surface area contributed by atoms with Crippen molar-refractivity contribution in [2.75, 3.05) is 23.8 Å². The quantitative estimate of drug-likeness (QED) is 0.825. The number of carbonyl (C=O) groups is 1. The second-order valence-electron chi connectivity index (χ2n) is 6.47. The number of nitrogens with zero attached hydrogens (tertiary/aromatic N) is 2. The van der Waals surface area contributed by atoms with Crippen molar-refractivity contribution in [1.82, 2.24) is 10.2 Å². The van der Waals surface area contributed by atoms with Crippen molar-refractivity contribution in [3.63, 3.8) is 0 Å². The molecule has 0 aliphatic carbocycles. The minimum Gasteiger partial charge on any atom is -0.489 e. The van der Waals surface area contributed by atoms with E-state index in [4.69, 9.17) is 9.47 Å². The molecule has 1 aromatic carbocycles. The van der Waals surface area contributed by atoms with Crippen LogP contribution in [0, 0.1) is 5.92 Å². The average Bonchev–Trinajstić information content (AvgIpc) is 2.65. The first-order valence-corrected chi connectivity index (χ1v) is 8.87. The molecule has 3 rings (SSSR count). The second kappa shape index (κ2) is 8.62. The summed E-state index contributed by atoms with van der Waals surface area (Å²) in [6, 6.07) is 11.2. The monoisotopic (exact) mass is 356 g/mol. The lowest BCUT2D eigenvalue weighted by atomic mass is 9.99. The van der Waals surface area contributed by atoms with Gasteiger partial charge in [0.15, 0.2) is 11.6 Å². The van der Waals surface area contributed by atoms with Gasteiger partial charge >= 0.3 is 0 Å². The van der Waals surface area contributed by atoms with E-state index in [0.29, 0.717) is 24.8 Å².